The normalized spacial score (nSPS) is 14.7. The van der Waals surface area contributed by atoms with E-state index in [2.05, 4.69) is 5.32 Å². The topological polar surface area (TPSA) is 75.3 Å². The molecular formula is C11H24N2O2. The molecule has 1 amide bonds. The lowest BCUT2D eigenvalue weighted by Gasteiger charge is -2.13. The molecule has 2 unspecified atom stereocenters. The van der Waals surface area contributed by atoms with Crippen molar-refractivity contribution in [2.24, 2.45) is 11.7 Å². The van der Waals surface area contributed by atoms with Crippen molar-refractivity contribution in [3.8, 4) is 0 Å². The largest absolute Gasteiger partial charge is 0.393 e. The first-order chi connectivity index (χ1) is 7.13. The van der Waals surface area contributed by atoms with Gasteiger partial charge in [0.1, 0.15) is 0 Å². The number of aliphatic hydroxyl groups is 1. The van der Waals surface area contributed by atoms with Crippen LogP contribution in [0.2, 0.25) is 0 Å². The molecule has 0 aromatic heterocycles. The van der Waals surface area contributed by atoms with Gasteiger partial charge < -0.3 is 16.2 Å². The van der Waals surface area contributed by atoms with E-state index in [1.165, 1.54) is 0 Å². The van der Waals surface area contributed by atoms with Crippen molar-refractivity contribution in [1.29, 1.82) is 0 Å². The second-order valence-electron chi connectivity index (χ2n) is 3.91. The molecule has 0 bridgehead atoms. The number of carbonyl (C=O) groups excluding carboxylic acids is 1. The van der Waals surface area contributed by atoms with E-state index in [1.54, 1.807) is 0 Å². The van der Waals surface area contributed by atoms with Crippen LogP contribution < -0.4 is 11.1 Å². The number of nitrogens with two attached hydrogens (primary N) is 1. The first-order valence-corrected chi connectivity index (χ1v) is 5.78. The third-order valence-corrected chi connectivity index (χ3v) is 2.66. The third-order valence-electron chi connectivity index (χ3n) is 2.66. The molecule has 15 heavy (non-hydrogen) atoms. The van der Waals surface area contributed by atoms with Crippen molar-refractivity contribution < 1.29 is 9.90 Å². The van der Waals surface area contributed by atoms with Crippen LogP contribution in [0.4, 0.5) is 0 Å². The number of carbonyl (C=O) groups is 1. The first-order valence-electron chi connectivity index (χ1n) is 5.78. The Morgan fingerprint density at radius 1 is 1.40 bits per heavy atom. The highest BCUT2D eigenvalue weighted by Crippen LogP contribution is 2.05. The summed E-state index contributed by atoms with van der Waals surface area (Å²) in [5.41, 5.74) is 5.51. The van der Waals surface area contributed by atoms with Gasteiger partial charge in [0, 0.05) is 13.0 Å². The van der Waals surface area contributed by atoms with Crippen LogP contribution in [0.5, 0.6) is 0 Å². The van der Waals surface area contributed by atoms with Crippen LogP contribution in [0.3, 0.4) is 0 Å². The van der Waals surface area contributed by atoms with Gasteiger partial charge in [0.25, 0.3) is 0 Å². The summed E-state index contributed by atoms with van der Waals surface area (Å²) in [6, 6.07) is 0. The highest BCUT2D eigenvalue weighted by atomic mass is 16.3. The van der Waals surface area contributed by atoms with Crippen molar-refractivity contribution in [2.75, 3.05) is 13.1 Å². The summed E-state index contributed by atoms with van der Waals surface area (Å²) in [6.45, 7) is 5.07. The van der Waals surface area contributed by atoms with Gasteiger partial charge >= 0.3 is 0 Å². The zero-order valence-corrected chi connectivity index (χ0v) is 9.83. The SMILES string of the molecule is CCC(O)CCNC(=O)CC(CC)CN. The van der Waals surface area contributed by atoms with E-state index in [-0.39, 0.29) is 17.9 Å². The molecule has 4 nitrogen and oxygen atoms in total. The Hall–Kier alpha value is -0.610. The van der Waals surface area contributed by atoms with Crippen LogP contribution in [-0.2, 0) is 4.79 Å². The van der Waals surface area contributed by atoms with Gasteiger partial charge in [-0.2, -0.15) is 0 Å². The number of rotatable bonds is 8. The van der Waals surface area contributed by atoms with Crippen LogP contribution >= 0.6 is 0 Å². The number of hydrogen-bond donors (Lipinski definition) is 3. The molecule has 4 heteroatoms. The molecule has 2 atom stereocenters. The molecule has 0 radical (unpaired) electrons. The fourth-order valence-electron chi connectivity index (χ4n) is 1.31. The van der Waals surface area contributed by atoms with E-state index in [1.807, 2.05) is 13.8 Å². The summed E-state index contributed by atoms with van der Waals surface area (Å²) in [6.07, 6.45) is 2.48. The lowest BCUT2D eigenvalue weighted by Crippen LogP contribution is -2.30. The summed E-state index contributed by atoms with van der Waals surface area (Å²) in [4.78, 5) is 11.4. The monoisotopic (exact) mass is 216 g/mol. The summed E-state index contributed by atoms with van der Waals surface area (Å²) in [5.74, 6) is 0.316. The minimum absolute atomic E-state index is 0.0376. The maximum absolute atomic E-state index is 11.4. The van der Waals surface area contributed by atoms with Gasteiger partial charge in [0.05, 0.1) is 6.10 Å². The van der Waals surface area contributed by atoms with Crippen molar-refractivity contribution in [2.45, 2.75) is 45.6 Å². The standard InChI is InChI=1S/C11H24N2O2/c1-3-9(8-12)7-11(15)13-6-5-10(14)4-2/h9-10,14H,3-8,12H2,1-2H3,(H,13,15). The van der Waals surface area contributed by atoms with Crippen LogP contribution in [-0.4, -0.2) is 30.2 Å². The van der Waals surface area contributed by atoms with Crippen molar-refractivity contribution in [3.63, 3.8) is 0 Å². The smallest absolute Gasteiger partial charge is 0.220 e. The van der Waals surface area contributed by atoms with Crippen LogP contribution in [0.1, 0.15) is 39.5 Å². The van der Waals surface area contributed by atoms with Gasteiger partial charge in [0.2, 0.25) is 5.91 Å². The van der Waals surface area contributed by atoms with E-state index < -0.39 is 0 Å². The van der Waals surface area contributed by atoms with Crippen molar-refractivity contribution in [1.82, 2.24) is 5.32 Å². The Morgan fingerprint density at radius 2 is 2.07 bits per heavy atom. The predicted octanol–water partition coefficient (Wildman–Crippen LogP) is 0.639. The Labute approximate surface area is 92.2 Å². The molecule has 0 saturated carbocycles. The minimum Gasteiger partial charge on any atom is -0.393 e. The molecule has 0 rings (SSSR count). The molecule has 0 fully saturated rings. The van der Waals surface area contributed by atoms with Crippen LogP contribution in [0.15, 0.2) is 0 Å². The Bertz CT molecular complexity index is 170. The average Bonchev–Trinajstić information content (AvgIpc) is 2.25. The highest BCUT2D eigenvalue weighted by molar-refractivity contribution is 5.76. The number of nitrogens with one attached hydrogen (secondary N) is 1. The van der Waals surface area contributed by atoms with Gasteiger partial charge in [-0.25, -0.2) is 0 Å². The number of hydrogen-bond acceptors (Lipinski definition) is 3. The lowest BCUT2D eigenvalue weighted by atomic mass is 10.0. The number of aliphatic hydroxyl groups excluding tert-OH is 1. The summed E-state index contributed by atoms with van der Waals surface area (Å²) >= 11 is 0. The molecule has 0 heterocycles. The maximum Gasteiger partial charge on any atom is 0.220 e. The summed E-state index contributed by atoms with van der Waals surface area (Å²) in [7, 11) is 0. The fraction of sp³-hybridized carbons (Fsp3) is 0.909. The van der Waals surface area contributed by atoms with Crippen LogP contribution in [0.25, 0.3) is 0 Å². The molecule has 0 aliphatic rings. The predicted molar refractivity (Wildman–Crippen MR) is 61.4 cm³/mol. The van der Waals surface area contributed by atoms with Gasteiger partial charge in [0.15, 0.2) is 0 Å². The minimum atomic E-state index is -0.304. The Kier molecular flexibility index (Phi) is 8.33. The molecule has 4 N–H and O–H groups in total. The first kappa shape index (κ1) is 14.4. The molecule has 0 saturated heterocycles. The zero-order chi connectivity index (χ0) is 11.7. The molecule has 0 aliphatic carbocycles. The molecular weight excluding hydrogens is 192 g/mol. The summed E-state index contributed by atoms with van der Waals surface area (Å²) in [5, 5.41) is 12.1. The Morgan fingerprint density at radius 3 is 2.53 bits per heavy atom. The van der Waals surface area contributed by atoms with E-state index in [0.29, 0.717) is 25.9 Å². The van der Waals surface area contributed by atoms with Crippen molar-refractivity contribution in [3.05, 3.63) is 0 Å². The molecule has 0 aromatic rings. The van der Waals surface area contributed by atoms with Gasteiger partial charge in [-0.3, -0.25) is 4.79 Å². The zero-order valence-electron chi connectivity index (χ0n) is 9.83. The van der Waals surface area contributed by atoms with Gasteiger partial charge in [-0.1, -0.05) is 20.3 Å². The maximum atomic E-state index is 11.4. The molecule has 0 aliphatic heterocycles. The average molecular weight is 216 g/mol. The van der Waals surface area contributed by atoms with E-state index in [0.717, 1.165) is 12.8 Å². The number of amides is 1. The van der Waals surface area contributed by atoms with Crippen molar-refractivity contribution >= 4 is 5.91 Å². The Balaban J connectivity index is 3.56. The molecule has 0 spiro atoms. The van der Waals surface area contributed by atoms with E-state index in [4.69, 9.17) is 5.73 Å². The second kappa shape index (κ2) is 8.68. The van der Waals surface area contributed by atoms with Crippen LogP contribution in [0, 0.1) is 5.92 Å². The lowest BCUT2D eigenvalue weighted by molar-refractivity contribution is -0.122. The quantitative estimate of drug-likeness (QED) is 0.557. The van der Waals surface area contributed by atoms with Gasteiger partial charge in [-0.15, -0.1) is 0 Å². The van der Waals surface area contributed by atoms with E-state index >= 15 is 0 Å². The highest BCUT2D eigenvalue weighted by Gasteiger charge is 2.10. The summed E-state index contributed by atoms with van der Waals surface area (Å²) < 4.78 is 0. The fourth-order valence-corrected chi connectivity index (χ4v) is 1.31. The third kappa shape index (κ3) is 7.33. The van der Waals surface area contributed by atoms with Gasteiger partial charge in [-0.05, 0) is 25.3 Å². The second-order valence-corrected chi connectivity index (χ2v) is 3.91. The molecule has 0 aromatic carbocycles. The van der Waals surface area contributed by atoms with E-state index in [9.17, 15) is 9.90 Å². The molecule has 90 valence electrons.